The van der Waals surface area contributed by atoms with Gasteiger partial charge in [-0.25, -0.2) is 0 Å². The van der Waals surface area contributed by atoms with Gasteiger partial charge in [-0.3, -0.25) is 9.59 Å². The first-order valence-electron chi connectivity index (χ1n) is 17.6. The van der Waals surface area contributed by atoms with E-state index in [1.807, 2.05) is 19.1 Å². The number of ether oxygens (including phenoxy) is 3. The number of ketones is 1. The number of carbonyl (C=O) groups is 2. The molecule has 0 spiro atoms. The molecule has 5 heteroatoms. The molecule has 242 valence electrons. The molecule has 0 N–H and O–H groups in total. The van der Waals surface area contributed by atoms with E-state index < -0.39 is 0 Å². The van der Waals surface area contributed by atoms with Gasteiger partial charge < -0.3 is 14.2 Å². The zero-order valence-corrected chi connectivity index (χ0v) is 27.9. The molecule has 0 fully saturated rings. The Bertz CT molecular complexity index is 819. The van der Waals surface area contributed by atoms with Gasteiger partial charge in [-0.1, -0.05) is 129 Å². The minimum absolute atomic E-state index is 0.0811. The summed E-state index contributed by atoms with van der Waals surface area (Å²) in [5, 5.41) is 0. The second-order valence-electron chi connectivity index (χ2n) is 12.0. The van der Waals surface area contributed by atoms with Gasteiger partial charge in [-0.2, -0.15) is 0 Å². The Morgan fingerprint density at radius 2 is 0.881 bits per heavy atom. The van der Waals surface area contributed by atoms with Gasteiger partial charge in [0.1, 0.15) is 17.3 Å². The molecule has 0 atom stereocenters. The van der Waals surface area contributed by atoms with E-state index in [-0.39, 0.29) is 18.2 Å². The van der Waals surface area contributed by atoms with Crippen molar-refractivity contribution in [2.75, 3.05) is 19.8 Å². The lowest BCUT2D eigenvalue weighted by molar-refractivity contribution is -0.142. The Labute approximate surface area is 258 Å². The second-order valence-corrected chi connectivity index (χ2v) is 12.0. The van der Waals surface area contributed by atoms with Crippen molar-refractivity contribution in [3.8, 4) is 11.5 Å². The van der Waals surface area contributed by atoms with Gasteiger partial charge in [-0.05, 0) is 38.8 Å². The molecule has 42 heavy (non-hydrogen) atoms. The van der Waals surface area contributed by atoms with Crippen molar-refractivity contribution >= 4 is 11.8 Å². The number of benzene rings is 1. The van der Waals surface area contributed by atoms with Crippen molar-refractivity contribution in [3.63, 3.8) is 0 Å². The maximum absolute atomic E-state index is 12.4. The Hall–Kier alpha value is -2.04. The van der Waals surface area contributed by atoms with Crippen molar-refractivity contribution in [2.24, 2.45) is 0 Å². The quantitative estimate of drug-likeness (QED) is 0.0688. The van der Waals surface area contributed by atoms with E-state index in [4.69, 9.17) is 14.2 Å². The van der Waals surface area contributed by atoms with Gasteiger partial charge in [0.05, 0.1) is 26.2 Å². The molecule has 0 aliphatic carbocycles. The number of hydrogen-bond donors (Lipinski definition) is 0. The molecule has 1 aromatic carbocycles. The van der Waals surface area contributed by atoms with Crippen LogP contribution in [0.1, 0.15) is 167 Å². The highest BCUT2D eigenvalue weighted by Crippen LogP contribution is 2.31. The van der Waals surface area contributed by atoms with Crippen LogP contribution >= 0.6 is 0 Å². The van der Waals surface area contributed by atoms with Crippen LogP contribution in [0.3, 0.4) is 0 Å². The first kappa shape index (κ1) is 38.0. The van der Waals surface area contributed by atoms with Crippen molar-refractivity contribution < 1.29 is 23.8 Å². The molecule has 0 amide bonds. The first-order chi connectivity index (χ1) is 20.5. The molecule has 1 rings (SSSR count). The van der Waals surface area contributed by atoms with Crippen LogP contribution in [0.25, 0.3) is 0 Å². The minimum Gasteiger partial charge on any atom is -0.493 e. The van der Waals surface area contributed by atoms with Crippen LogP contribution in [-0.4, -0.2) is 31.6 Å². The minimum atomic E-state index is -0.277. The summed E-state index contributed by atoms with van der Waals surface area (Å²) in [6, 6.07) is 3.82. The second kappa shape index (κ2) is 26.6. The molecule has 0 aliphatic heterocycles. The molecule has 0 radical (unpaired) electrons. The van der Waals surface area contributed by atoms with Crippen molar-refractivity contribution in [1.29, 1.82) is 0 Å². The predicted molar refractivity (Wildman–Crippen MR) is 176 cm³/mol. The summed E-state index contributed by atoms with van der Waals surface area (Å²) in [5.41, 5.74) is 1.60. The predicted octanol–water partition coefficient (Wildman–Crippen LogP) is 10.5. The number of rotatable bonds is 29. The molecule has 0 saturated carbocycles. The van der Waals surface area contributed by atoms with Crippen LogP contribution < -0.4 is 9.47 Å². The summed E-state index contributed by atoms with van der Waals surface area (Å²) >= 11 is 0. The average Bonchev–Trinajstić information content (AvgIpc) is 2.96. The highest BCUT2D eigenvalue weighted by atomic mass is 16.5. The standard InChI is InChI=1S/C37H64O5/c1-5-8-10-12-14-16-18-20-22-24-26-41-35-30-34(31-37(39)40-7-3)36(29-33(35)28-32(4)38)42-27-25-23-21-19-17-15-13-11-9-6-2/h29-30H,5-28,31H2,1-4H3. The number of hydrogen-bond acceptors (Lipinski definition) is 5. The van der Waals surface area contributed by atoms with Gasteiger partial charge in [0, 0.05) is 17.5 Å². The Morgan fingerprint density at radius 1 is 0.524 bits per heavy atom. The number of esters is 1. The zero-order chi connectivity index (χ0) is 30.7. The van der Waals surface area contributed by atoms with Gasteiger partial charge in [0.2, 0.25) is 0 Å². The van der Waals surface area contributed by atoms with Gasteiger partial charge in [-0.15, -0.1) is 0 Å². The molecule has 5 nitrogen and oxygen atoms in total. The van der Waals surface area contributed by atoms with E-state index in [0.29, 0.717) is 37.7 Å². The third-order valence-electron chi connectivity index (χ3n) is 7.83. The highest BCUT2D eigenvalue weighted by molar-refractivity contribution is 5.80. The van der Waals surface area contributed by atoms with Crippen LogP contribution in [0, 0.1) is 0 Å². The lowest BCUT2D eigenvalue weighted by atomic mass is 10.0. The third-order valence-corrected chi connectivity index (χ3v) is 7.83. The number of Topliss-reactive ketones (excluding diaryl/α,β-unsaturated/α-hetero) is 1. The average molecular weight is 589 g/mol. The Kier molecular flexibility index (Phi) is 24.0. The molecular weight excluding hydrogens is 524 g/mol. The third kappa shape index (κ3) is 20.0. The summed E-state index contributed by atoms with van der Waals surface area (Å²) in [4.78, 5) is 24.5. The molecule has 0 bridgehead atoms. The van der Waals surface area contributed by atoms with Crippen molar-refractivity contribution in [2.45, 2.75) is 169 Å². The van der Waals surface area contributed by atoms with E-state index in [1.165, 1.54) is 103 Å². The molecule has 0 unspecified atom stereocenters. The van der Waals surface area contributed by atoms with E-state index in [0.717, 1.165) is 36.8 Å². The monoisotopic (exact) mass is 588 g/mol. The van der Waals surface area contributed by atoms with Crippen LogP contribution in [0.5, 0.6) is 11.5 Å². The van der Waals surface area contributed by atoms with E-state index in [1.54, 1.807) is 6.92 Å². The van der Waals surface area contributed by atoms with Crippen LogP contribution in [0.15, 0.2) is 12.1 Å². The van der Waals surface area contributed by atoms with E-state index >= 15 is 0 Å². The molecule has 0 heterocycles. The summed E-state index contributed by atoms with van der Waals surface area (Å²) in [6.07, 6.45) is 25.8. The first-order valence-corrected chi connectivity index (χ1v) is 17.6. The summed E-state index contributed by atoms with van der Waals surface area (Å²) in [5.74, 6) is 1.16. The lowest BCUT2D eigenvalue weighted by Gasteiger charge is -2.17. The van der Waals surface area contributed by atoms with Gasteiger partial charge in [0.25, 0.3) is 0 Å². The number of unbranched alkanes of at least 4 members (excludes halogenated alkanes) is 18. The fraction of sp³-hybridized carbons (Fsp3) is 0.784. The molecule has 0 aliphatic rings. The smallest absolute Gasteiger partial charge is 0.310 e. The summed E-state index contributed by atoms with van der Waals surface area (Å²) in [7, 11) is 0. The fourth-order valence-electron chi connectivity index (χ4n) is 5.37. The summed E-state index contributed by atoms with van der Waals surface area (Å²) in [6.45, 7) is 9.49. The topological polar surface area (TPSA) is 61.8 Å². The zero-order valence-electron chi connectivity index (χ0n) is 27.9. The molecule has 1 aromatic rings. The maximum atomic E-state index is 12.4. The Morgan fingerprint density at radius 3 is 1.24 bits per heavy atom. The highest BCUT2D eigenvalue weighted by Gasteiger charge is 2.17. The lowest BCUT2D eigenvalue weighted by Crippen LogP contribution is -2.11. The fourth-order valence-corrected chi connectivity index (χ4v) is 5.37. The largest absolute Gasteiger partial charge is 0.493 e. The normalized spacial score (nSPS) is 11.0. The molecule has 0 aromatic heterocycles. The number of carbonyl (C=O) groups excluding carboxylic acids is 2. The SMILES string of the molecule is CCCCCCCCCCCCOc1cc(CC(=O)OCC)c(OCCCCCCCCCCCC)cc1CC(C)=O. The Balaban J connectivity index is 2.62. The molecular formula is C37H64O5. The van der Waals surface area contributed by atoms with Crippen molar-refractivity contribution in [3.05, 3.63) is 23.3 Å². The van der Waals surface area contributed by atoms with Gasteiger partial charge in [0.15, 0.2) is 0 Å². The van der Waals surface area contributed by atoms with Gasteiger partial charge >= 0.3 is 5.97 Å². The van der Waals surface area contributed by atoms with E-state index in [9.17, 15) is 9.59 Å². The van der Waals surface area contributed by atoms with Crippen LogP contribution in [0.2, 0.25) is 0 Å². The molecule has 0 saturated heterocycles. The van der Waals surface area contributed by atoms with Crippen LogP contribution in [-0.2, 0) is 27.2 Å². The van der Waals surface area contributed by atoms with E-state index in [2.05, 4.69) is 13.8 Å². The van der Waals surface area contributed by atoms with Crippen LogP contribution in [0.4, 0.5) is 0 Å². The van der Waals surface area contributed by atoms with Crippen molar-refractivity contribution in [1.82, 2.24) is 0 Å². The maximum Gasteiger partial charge on any atom is 0.310 e. The summed E-state index contributed by atoms with van der Waals surface area (Å²) < 4.78 is 17.6.